The molecule has 5 aromatic rings. The van der Waals surface area contributed by atoms with E-state index in [1.807, 2.05) is 78.4 Å². The maximum absolute atomic E-state index is 12.6. The Morgan fingerprint density at radius 1 is 0.969 bits per heavy atom. The first-order valence-corrected chi connectivity index (χ1v) is 10.3. The summed E-state index contributed by atoms with van der Waals surface area (Å²) in [5.41, 5.74) is 9.88. The number of hydrazine groups is 1. The summed E-state index contributed by atoms with van der Waals surface area (Å²) in [6.07, 6.45) is 1.97. The molecule has 5 rings (SSSR count). The molecule has 2 aromatic heterocycles. The van der Waals surface area contributed by atoms with Gasteiger partial charge in [-0.05, 0) is 48.9 Å². The Labute approximate surface area is 184 Å². The molecule has 2 amide bonds. The Morgan fingerprint density at radius 3 is 2.59 bits per heavy atom. The lowest BCUT2D eigenvalue weighted by Gasteiger charge is -2.08. The number of amides is 2. The van der Waals surface area contributed by atoms with Gasteiger partial charge >= 0.3 is 0 Å². The third kappa shape index (κ3) is 3.60. The van der Waals surface area contributed by atoms with E-state index in [4.69, 9.17) is 0 Å². The van der Waals surface area contributed by atoms with Gasteiger partial charge in [0.1, 0.15) is 5.82 Å². The molecule has 3 aromatic carbocycles. The highest BCUT2D eigenvalue weighted by Gasteiger charge is 2.14. The molecular weight excluding hydrogens is 402 g/mol. The van der Waals surface area contributed by atoms with Gasteiger partial charge in [0.2, 0.25) is 5.91 Å². The molecule has 7 nitrogen and oxygen atoms in total. The minimum Gasteiger partial charge on any atom is -0.361 e. The molecule has 158 valence electrons. The average molecular weight is 423 g/mol. The van der Waals surface area contributed by atoms with E-state index in [1.165, 1.54) is 0 Å². The molecule has 7 heteroatoms. The molecule has 32 heavy (non-hydrogen) atoms. The van der Waals surface area contributed by atoms with Crippen molar-refractivity contribution in [2.75, 3.05) is 0 Å². The van der Waals surface area contributed by atoms with Crippen molar-refractivity contribution in [2.45, 2.75) is 13.3 Å². The Kier molecular flexibility index (Phi) is 4.91. The van der Waals surface area contributed by atoms with Gasteiger partial charge in [-0.3, -0.25) is 25.0 Å². The molecule has 0 aliphatic rings. The van der Waals surface area contributed by atoms with E-state index < -0.39 is 5.91 Å². The molecule has 0 aliphatic carbocycles. The van der Waals surface area contributed by atoms with Crippen molar-refractivity contribution in [1.82, 2.24) is 25.4 Å². The number of rotatable bonds is 4. The number of aromatic nitrogens is 3. The number of aryl methyl sites for hydroxylation is 1. The lowest BCUT2D eigenvalue weighted by atomic mass is 10.1. The zero-order valence-electron chi connectivity index (χ0n) is 17.4. The monoisotopic (exact) mass is 423 g/mol. The normalized spacial score (nSPS) is 11.0. The predicted molar refractivity (Wildman–Crippen MR) is 123 cm³/mol. The molecule has 0 unspecified atom stereocenters. The summed E-state index contributed by atoms with van der Waals surface area (Å²) < 4.78 is 2.04. The lowest BCUT2D eigenvalue weighted by Crippen LogP contribution is -2.42. The van der Waals surface area contributed by atoms with Gasteiger partial charge in [0.05, 0.1) is 17.5 Å². The number of para-hydroxylation sites is 2. The quantitative estimate of drug-likeness (QED) is 0.384. The number of benzene rings is 3. The molecular formula is C25H21N5O2. The van der Waals surface area contributed by atoms with E-state index in [0.717, 1.165) is 33.5 Å². The highest BCUT2D eigenvalue weighted by molar-refractivity contribution is 5.99. The number of nitrogens with one attached hydrogen (secondary N) is 3. The van der Waals surface area contributed by atoms with E-state index >= 15 is 0 Å². The van der Waals surface area contributed by atoms with Gasteiger partial charge in [-0.15, -0.1) is 0 Å². The van der Waals surface area contributed by atoms with Crippen molar-refractivity contribution in [3.05, 3.63) is 95.9 Å². The van der Waals surface area contributed by atoms with Gasteiger partial charge in [0.25, 0.3) is 5.91 Å². The van der Waals surface area contributed by atoms with E-state index in [0.29, 0.717) is 11.1 Å². The Balaban J connectivity index is 1.29. The van der Waals surface area contributed by atoms with Crippen LogP contribution in [0.15, 0.2) is 79.0 Å². The highest BCUT2D eigenvalue weighted by atomic mass is 16.2. The van der Waals surface area contributed by atoms with Crippen LogP contribution in [0.1, 0.15) is 21.7 Å². The second-order valence-electron chi connectivity index (χ2n) is 7.57. The topological polar surface area (TPSA) is 91.8 Å². The molecule has 0 saturated heterocycles. The summed E-state index contributed by atoms with van der Waals surface area (Å²) in [6.45, 7) is 1.93. The second kappa shape index (κ2) is 8.03. The van der Waals surface area contributed by atoms with Gasteiger partial charge in [-0.1, -0.05) is 36.4 Å². The molecule has 0 bridgehead atoms. The Morgan fingerprint density at radius 2 is 1.75 bits per heavy atom. The van der Waals surface area contributed by atoms with Crippen LogP contribution in [-0.2, 0) is 11.2 Å². The van der Waals surface area contributed by atoms with Gasteiger partial charge in [0, 0.05) is 28.4 Å². The smallest absolute Gasteiger partial charge is 0.269 e. The number of hydrogen-bond acceptors (Lipinski definition) is 3. The third-order valence-electron chi connectivity index (χ3n) is 5.44. The second-order valence-corrected chi connectivity index (χ2v) is 7.57. The van der Waals surface area contributed by atoms with Crippen molar-refractivity contribution < 1.29 is 9.59 Å². The van der Waals surface area contributed by atoms with Crippen LogP contribution in [0, 0.1) is 6.92 Å². The summed E-state index contributed by atoms with van der Waals surface area (Å²) in [5, 5.41) is 0.990. The van der Waals surface area contributed by atoms with Crippen molar-refractivity contribution in [1.29, 1.82) is 0 Å². The minimum atomic E-state index is -0.397. The number of imidazole rings is 1. The SMILES string of the molecule is Cc1nc2cc(C(=O)NNC(=O)Cc3c[nH]c4ccccc34)ccc2n1-c1ccccc1. The maximum Gasteiger partial charge on any atom is 0.269 e. The van der Waals surface area contributed by atoms with E-state index in [-0.39, 0.29) is 12.3 Å². The molecule has 2 heterocycles. The molecule has 0 radical (unpaired) electrons. The number of aromatic amines is 1. The van der Waals surface area contributed by atoms with Crippen LogP contribution in [0.5, 0.6) is 0 Å². The molecule has 0 aliphatic heterocycles. The molecule has 3 N–H and O–H groups in total. The molecule has 0 fully saturated rings. The highest BCUT2D eigenvalue weighted by Crippen LogP contribution is 2.22. The summed E-state index contributed by atoms with van der Waals surface area (Å²) in [4.78, 5) is 32.7. The first kappa shape index (κ1) is 19.6. The number of carbonyl (C=O) groups excluding carboxylic acids is 2. The third-order valence-corrected chi connectivity index (χ3v) is 5.44. The minimum absolute atomic E-state index is 0.157. The summed E-state index contributed by atoms with van der Waals surface area (Å²) in [6, 6.07) is 23.0. The molecule has 0 spiro atoms. The lowest BCUT2D eigenvalue weighted by molar-refractivity contribution is -0.121. The van der Waals surface area contributed by atoms with Crippen LogP contribution in [0.4, 0.5) is 0 Å². The zero-order chi connectivity index (χ0) is 22.1. The predicted octanol–water partition coefficient (Wildman–Crippen LogP) is 3.82. The Bertz CT molecular complexity index is 1450. The van der Waals surface area contributed by atoms with Gasteiger partial charge in [-0.2, -0.15) is 0 Å². The van der Waals surface area contributed by atoms with Crippen molar-refractivity contribution >= 4 is 33.8 Å². The molecule has 0 saturated carbocycles. The van der Waals surface area contributed by atoms with Crippen LogP contribution in [0.2, 0.25) is 0 Å². The number of nitrogens with zero attached hydrogens (tertiary/aromatic N) is 2. The summed E-state index contributed by atoms with van der Waals surface area (Å²) >= 11 is 0. The van der Waals surface area contributed by atoms with Gasteiger partial charge in [-0.25, -0.2) is 4.98 Å². The zero-order valence-corrected chi connectivity index (χ0v) is 17.4. The first-order valence-electron chi connectivity index (χ1n) is 10.3. The van der Waals surface area contributed by atoms with Crippen LogP contribution in [0.3, 0.4) is 0 Å². The van der Waals surface area contributed by atoms with Crippen molar-refractivity contribution in [2.24, 2.45) is 0 Å². The van der Waals surface area contributed by atoms with Crippen LogP contribution >= 0.6 is 0 Å². The fourth-order valence-corrected chi connectivity index (χ4v) is 3.94. The number of carbonyl (C=O) groups is 2. The van der Waals surface area contributed by atoms with Gasteiger partial charge in [0.15, 0.2) is 0 Å². The number of H-pyrrole nitrogens is 1. The average Bonchev–Trinajstić information content (AvgIpc) is 3.37. The van der Waals surface area contributed by atoms with Crippen LogP contribution in [-0.4, -0.2) is 26.3 Å². The standard InChI is InChI=1S/C25H21N5O2/c1-16-27-22-13-17(11-12-23(22)30(16)19-7-3-2-4-8-19)25(32)29-28-24(31)14-18-15-26-21-10-6-5-9-20(18)21/h2-13,15,26H,14H2,1H3,(H,28,31)(H,29,32). The van der Waals surface area contributed by atoms with Gasteiger partial charge < -0.3 is 4.98 Å². The van der Waals surface area contributed by atoms with E-state index in [2.05, 4.69) is 20.8 Å². The summed E-state index contributed by atoms with van der Waals surface area (Å²) in [7, 11) is 0. The first-order chi connectivity index (χ1) is 15.6. The van der Waals surface area contributed by atoms with E-state index in [9.17, 15) is 9.59 Å². The van der Waals surface area contributed by atoms with E-state index in [1.54, 1.807) is 12.1 Å². The summed E-state index contributed by atoms with van der Waals surface area (Å²) in [5.74, 6) is 0.135. The fourth-order valence-electron chi connectivity index (χ4n) is 3.94. The number of fused-ring (bicyclic) bond motifs is 2. The Hall–Kier alpha value is -4.39. The largest absolute Gasteiger partial charge is 0.361 e. The van der Waals surface area contributed by atoms with Crippen molar-refractivity contribution in [3.63, 3.8) is 0 Å². The van der Waals surface area contributed by atoms with Crippen LogP contribution in [0.25, 0.3) is 27.6 Å². The maximum atomic E-state index is 12.6. The number of hydrogen-bond donors (Lipinski definition) is 3. The fraction of sp³-hybridized carbons (Fsp3) is 0.0800. The van der Waals surface area contributed by atoms with Crippen molar-refractivity contribution in [3.8, 4) is 5.69 Å². The van der Waals surface area contributed by atoms with Crippen LogP contribution < -0.4 is 10.9 Å². The molecule has 0 atom stereocenters.